The van der Waals surface area contributed by atoms with Crippen LogP contribution >= 0.6 is 12.4 Å². The molecule has 140 valence electrons. The third kappa shape index (κ3) is 5.61. The van der Waals surface area contributed by atoms with E-state index in [0.29, 0.717) is 37.2 Å². The van der Waals surface area contributed by atoms with Crippen molar-refractivity contribution >= 4 is 29.9 Å². The number of hydrogen-bond acceptors (Lipinski definition) is 4. The van der Waals surface area contributed by atoms with Gasteiger partial charge in [0.25, 0.3) is 0 Å². The molecular weight excluding hydrogens is 342 g/mol. The van der Waals surface area contributed by atoms with Crippen LogP contribution in [-0.4, -0.2) is 42.5 Å². The zero-order chi connectivity index (χ0) is 17.7. The van der Waals surface area contributed by atoms with Crippen molar-refractivity contribution in [2.24, 2.45) is 5.73 Å². The fraction of sp³-hybridized carbons (Fsp3) is 0.556. The maximum atomic E-state index is 12.7. The van der Waals surface area contributed by atoms with Crippen LogP contribution in [0.3, 0.4) is 0 Å². The van der Waals surface area contributed by atoms with Gasteiger partial charge in [-0.2, -0.15) is 0 Å². The van der Waals surface area contributed by atoms with Crippen LogP contribution in [0, 0.1) is 6.92 Å². The predicted molar refractivity (Wildman–Crippen MR) is 101 cm³/mol. The van der Waals surface area contributed by atoms with Crippen molar-refractivity contribution in [3.8, 4) is 5.75 Å². The molecule has 0 saturated carbocycles. The van der Waals surface area contributed by atoms with Crippen molar-refractivity contribution in [2.45, 2.75) is 51.6 Å². The minimum Gasteiger partial charge on any atom is -0.495 e. The Kier molecular flexibility index (Phi) is 8.19. The molecule has 0 radical (unpaired) electrons. The van der Waals surface area contributed by atoms with E-state index >= 15 is 0 Å². The highest BCUT2D eigenvalue weighted by Crippen LogP contribution is 2.27. The van der Waals surface area contributed by atoms with Gasteiger partial charge in [0.05, 0.1) is 12.8 Å². The third-order valence-corrected chi connectivity index (χ3v) is 4.30. The lowest BCUT2D eigenvalue weighted by atomic mass is 10.1. The molecule has 0 aromatic heterocycles. The van der Waals surface area contributed by atoms with Crippen molar-refractivity contribution in [3.63, 3.8) is 0 Å². The number of aryl methyl sites for hydroxylation is 1. The second-order valence-electron chi connectivity index (χ2n) is 6.45. The average Bonchev–Trinajstić information content (AvgIpc) is 3.02. The van der Waals surface area contributed by atoms with Gasteiger partial charge < -0.3 is 20.7 Å². The molecule has 2 atom stereocenters. The Hall–Kier alpha value is -1.79. The van der Waals surface area contributed by atoms with Crippen LogP contribution in [-0.2, 0) is 9.59 Å². The highest BCUT2D eigenvalue weighted by atomic mass is 35.5. The number of likely N-dealkylation sites (tertiary alicyclic amines) is 1. The maximum absolute atomic E-state index is 12.7. The molecule has 0 spiro atoms. The number of nitrogens with two attached hydrogens (primary N) is 1. The SMILES string of the molecule is COc1ccc(C)cc1NC(=O)C1CCCN1C(=O)CCC(C)N.Cl. The van der Waals surface area contributed by atoms with Crippen molar-refractivity contribution in [1.82, 2.24) is 4.90 Å². The standard InChI is InChI=1S/C18H27N3O3.ClH/c1-12-6-8-16(24-3)14(11-12)20-18(23)15-5-4-10-21(15)17(22)9-7-13(2)19;/h6,8,11,13,15H,4-5,7,9-10,19H2,1-3H3,(H,20,23);1H. The van der Waals surface area contributed by atoms with Crippen molar-refractivity contribution in [2.75, 3.05) is 19.0 Å². The first-order valence-electron chi connectivity index (χ1n) is 8.43. The number of ether oxygens (including phenoxy) is 1. The van der Waals surface area contributed by atoms with E-state index < -0.39 is 6.04 Å². The Morgan fingerprint density at radius 1 is 1.44 bits per heavy atom. The van der Waals surface area contributed by atoms with Gasteiger partial charge >= 0.3 is 0 Å². The first-order chi connectivity index (χ1) is 11.4. The molecule has 1 heterocycles. The predicted octanol–water partition coefficient (Wildman–Crippen LogP) is 2.48. The molecule has 1 fully saturated rings. The highest BCUT2D eigenvalue weighted by Gasteiger charge is 2.34. The molecule has 0 bridgehead atoms. The lowest BCUT2D eigenvalue weighted by Crippen LogP contribution is -2.43. The molecule has 1 aliphatic heterocycles. The van der Waals surface area contributed by atoms with Gasteiger partial charge in [0.2, 0.25) is 11.8 Å². The van der Waals surface area contributed by atoms with E-state index in [1.54, 1.807) is 12.0 Å². The zero-order valence-corrected chi connectivity index (χ0v) is 15.9. The third-order valence-electron chi connectivity index (χ3n) is 4.30. The number of amides is 2. The van der Waals surface area contributed by atoms with Gasteiger partial charge in [-0.05, 0) is 50.8 Å². The summed E-state index contributed by atoms with van der Waals surface area (Å²) in [5.41, 5.74) is 7.38. The van der Waals surface area contributed by atoms with Crippen LogP contribution in [0.5, 0.6) is 5.75 Å². The van der Waals surface area contributed by atoms with E-state index in [1.807, 2.05) is 32.0 Å². The van der Waals surface area contributed by atoms with Gasteiger partial charge in [0.15, 0.2) is 0 Å². The first-order valence-corrected chi connectivity index (χ1v) is 8.43. The van der Waals surface area contributed by atoms with Crippen LogP contribution in [0.1, 0.15) is 38.2 Å². The second-order valence-corrected chi connectivity index (χ2v) is 6.45. The van der Waals surface area contributed by atoms with E-state index in [4.69, 9.17) is 10.5 Å². The minimum absolute atomic E-state index is 0. The van der Waals surface area contributed by atoms with Crippen molar-refractivity contribution in [1.29, 1.82) is 0 Å². The fourth-order valence-electron chi connectivity index (χ4n) is 2.97. The van der Waals surface area contributed by atoms with E-state index in [9.17, 15) is 9.59 Å². The van der Waals surface area contributed by atoms with E-state index in [-0.39, 0.29) is 30.3 Å². The number of anilines is 1. The zero-order valence-electron chi connectivity index (χ0n) is 15.1. The number of nitrogens with zero attached hydrogens (tertiary/aromatic N) is 1. The van der Waals surface area contributed by atoms with Gasteiger partial charge in [-0.3, -0.25) is 9.59 Å². The average molecular weight is 370 g/mol. The van der Waals surface area contributed by atoms with E-state index in [1.165, 1.54) is 0 Å². The number of nitrogens with one attached hydrogen (secondary N) is 1. The molecule has 0 aliphatic carbocycles. The number of carbonyl (C=O) groups excluding carboxylic acids is 2. The second kappa shape index (κ2) is 9.63. The molecule has 1 aromatic carbocycles. The lowest BCUT2D eigenvalue weighted by molar-refractivity contribution is -0.136. The fourth-order valence-corrected chi connectivity index (χ4v) is 2.97. The summed E-state index contributed by atoms with van der Waals surface area (Å²) in [6.07, 6.45) is 2.54. The Balaban J connectivity index is 0.00000312. The van der Waals surface area contributed by atoms with E-state index in [0.717, 1.165) is 12.0 Å². The molecule has 1 saturated heterocycles. The van der Waals surface area contributed by atoms with Crippen LogP contribution in [0.2, 0.25) is 0 Å². The number of halogens is 1. The summed E-state index contributed by atoms with van der Waals surface area (Å²) in [5, 5.41) is 2.91. The summed E-state index contributed by atoms with van der Waals surface area (Å²) in [6, 6.07) is 5.18. The van der Waals surface area contributed by atoms with Crippen molar-refractivity contribution < 1.29 is 14.3 Å². The Morgan fingerprint density at radius 2 is 2.16 bits per heavy atom. The maximum Gasteiger partial charge on any atom is 0.247 e. The molecule has 1 aliphatic rings. The van der Waals surface area contributed by atoms with Crippen LogP contribution in [0.15, 0.2) is 18.2 Å². The molecule has 25 heavy (non-hydrogen) atoms. The smallest absolute Gasteiger partial charge is 0.247 e. The number of rotatable bonds is 6. The topological polar surface area (TPSA) is 84.7 Å². The van der Waals surface area contributed by atoms with Crippen LogP contribution in [0.25, 0.3) is 0 Å². The summed E-state index contributed by atoms with van der Waals surface area (Å²) in [4.78, 5) is 26.7. The summed E-state index contributed by atoms with van der Waals surface area (Å²) in [5.74, 6) is 0.452. The Bertz CT molecular complexity index is 607. The number of benzene rings is 1. The quantitative estimate of drug-likeness (QED) is 0.806. The van der Waals surface area contributed by atoms with Gasteiger partial charge in [-0.1, -0.05) is 6.07 Å². The van der Waals surface area contributed by atoms with Gasteiger partial charge in [0, 0.05) is 19.0 Å². The van der Waals surface area contributed by atoms with Gasteiger partial charge in [-0.25, -0.2) is 0 Å². The van der Waals surface area contributed by atoms with Crippen molar-refractivity contribution in [3.05, 3.63) is 23.8 Å². The summed E-state index contributed by atoms with van der Waals surface area (Å²) < 4.78 is 5.29. The first kappa shape index (κ1) is 21.3. The van der Waals surface area contributed by atoms with Gasteiger partial charge in [-0.15, -0.1) is 12.4 Å². The van der Waals surface area contributed by atoms with Gasteiger partial charge in [0.1, 0.15) is 11.8 Å². The number of methoxy groups -OCH3 is 1. The number of hydrogen-bond donors (Lipinski definition) is 2. The Labute approximate surface area is 155 Å². The minimum atomic E-state index is -0.421. The molecular formula is C18H28ClN3O3. The molecule has 2 unspecified atom stereocenters. The monoisotopic (exact) mass is 369 g/mol. The molecule has 3 N–H and O–H groups in total. The molecule has 1 aromatic rings. The summed E-state index contributed by atoms with van der Waals surface area (Å²) >= 11 is 0. The molecule has 7 heteroatoms. The Morgan fingerprint density at radius 3 is 2.80 bits per heavy atom. The normalized spacial score (nSPS) is 17.6. The molecule has 2 amide bonds. The van der Waals surface area contributed by atoms with Crippen LogP contribution < -0.4 is 15.8 Å². The summed E-state index contributed by atoms with van der Waals surface area (Å²) in [7, 11) is 1.57. The summed E-state index contributed by atoms with van der Waals surface area (Å²) in [6.45, 7) is 4.46. The molecule has 2 rings (SSSR count). The largest absolute Gasteiger partial charge is 0.495 e. The highest BCUT2D eigenvalue weighted by molar-refractivity contribution is 5.98. The van der Waals surface area contributed by atoms with E-state index in [2.05, 4.69) is 5.32 Å². The molecule has 6 nitrogen and oxygen atoms in total. The number of carbonyl (C=O) groups is 2. The van der Waals surface area contributed by atoms with Crippen LogP contribution in [0.4, 0.5) is 5.69 Å². The lowest BCUT2D eigenvalue weighted by Gasteiger charge is -2.24.